The first kappa shape index (κ1) is 20.1. The number of amides is 1. The van der Waals surface area contributed by atoms with Crippen LogP contribution in [-0.4, -0.2) is 37.9 Å². The summed E-state index contributed by atoms with van der Waals surface area (Å²) in [5, 5.41) is 0. The van der Waals surface area contributed by atoms with Gasteiger partial charge in [0.15, 0.2) is 4.80 Å². The molecule has 0 radical (unpaired) electrons. The van der Waals surface area contributed by atoms with E-state index in [9.17, 15) is 4.79 Å². The van der Waals surface area contributed by atoms with E-state index in [1.54, 1.807) is 25.3 Å². The highest BCUT2D eigenvalue weighted by atomic mass is 32.1. The van der Waals surface area contributed by atoms with Gasteiger partial charge in [0.25, 0.3) is 5.91 Å². The van der Waals surface area contributed by atoms with Gasteiger partial charge in [-0.1, -0.05) is 17.4 Å². The molecule has 0 aliphatic heterocycles. The molecule has 6 nitrogen and oxygen atoms in total. The van der Waals surface area contributed by atoms with Crippen LogP contribution in [-0.2, 0) is 11.3 Å². The molecule has 3 aromatic rings. The van der Waals surface area contributed by atoms with Gasteiger partial charge in [0.1, 0.15) is 11.5 Å². The Balaban J connectivity index is 2.10. The number of hydrogen-bond acceptors (Lipinski definition) is 5. The molecule has 3 rings (SSSR count). The van der Waals surface area contributed by atoms with E-state index in [0.29, 0.717) is 41.6 Å². The Bertz CT molecular complexity index is 1050. The van der Waals surface area contributed by atoms with Crippen LogP contribution in [0.1, 0.15) is 22.8 Å². The van der Waals surface area contributed by atoms with Crippen molar-refractivity contribution in [1.29, 1.82) is 0 Å². The molecule has 0 aliphatic rings. The molecule has 1 heterocycles. The number of rotatable bonds is 7. The Morgan fingerprint density at radius 3 is 2.68 bits per heavy atom. The first-order valence-corrected chi connectivity index (χ1v) is 9.87. The zero-order chi connectivity index (χ0) is 20.1. The first-order chi connectivity index (χ1) is 13.6. The standard InChI is InChI=1S/C21H24N2O4S/c1-5-27-11-10-23-17-8-6-14(2)12-19(17)28-21(23)22-20(24)16-13-15(25-3)7-9-18(16)26-4/h6-9,12-13H,5,10-11H2,1-4H3. The van der Waals surface area contributed by atoms with Crippen LogP contribution >= 0.6 is 11.3 Å². The molecule has 0 saturated carbocycles. The topological polar surface area (TPSA) is 62.1 Å². The number of aryl methyl sites for hydroxylation is 1. The molecule has 0 fully saturated rings. The molecule has 2 aromatic carbocycles. The number of methoxy groups -OCH3 is 2. The summed E-state index contributed by atoms with van der Waals surface area (Å²) in [7, 11) is 3.09. The molecular formula is C21H24N2O4S. The minimum atomic E-state index is -0.371. The van der Waals surface area contributed by atoms with E-state index in [1.807, 2.05) is 18.4 Å². The third-order valence-corrected chi connectivity index (χ3v) is 5.38. The molecule has 0 N–H and O–H groups in total. The highest BCUT2D eigenvalue weighted by molar-refractivity contribution is 7.16. The summed E-state index contributed by atoms with van der Waals surface area (Å²) in [5.74, 6) is 0.673. The second-order valence-electron chi connectivity index (χ2n) is 6.19. The third-order valence-electron chi connectivity index (χ3n) is 4.34. The molecule has 148 valence electrons. The summed E-state index contributed by atoms with van der Waals surface area (Å²) in [4.78, 5) is 18.0. The average molecular weight is 401 g/mol. The van der Waals surface area contributed by atoms with Crippen molar-refractivity contribution >= 4 is 27.5 Å². The summed E-state index contributed by atoms with van der Waals surface area (Å²) in [6.07, 6.45) is 0. The van der Waals surface area contributed by atoms with Crippen molar-refractivity contribution in [3.05, 3.63) is 52.3 Å². The Hall–Kier alpha value is -2.64. The normalized spacial score (nSPS) is 11.8. The lowest BCUT2D eigenvalue weighted by atomic mass is 10.2. The maximum Gasteiger partial charge on any atom is 0.283 e. The van der Waals surface area contributed by atoms with E-state index < -0.39 is 0 Å². The van der Waals surface area contributed by atoms with Crippen molar-refractivity contribution < 1.29 is 19.0 Å². The van der Waals surface area contributed by atoms with Crippen molar-refractivity contribution in [1.82, 2.24) is 4.57 Å². The predicted molar refractivity (Wildman–Crippen MR) is 110 cm³/mol. The van der Waals surface area contributed by atoms with E-state index in [-0.39, 0.29) is 5.91 Å². The van der Waals surface area contributed by atoms with Gasteiger partial charge < -0.3 is 18.8 Å². The minimum Gasteiger partial charge on any atom is -0.497 e. The van der Waals surface area contributed by atoms with Gasteiger partial charge in [0.2, 0.25) is 0 Å². The van der Waals surface area contributed by atoms with Crippen LogP contribution < -0.4 is 14.3 Å². The fourth-order valence-corrected chi connectivity index (χ4v) is 4.06. The Morgan fingerprint density at radius 2 is 1.96 bits per heavy atom. The highest BCUT2D eigenvalue weighted by Gasteiger charge is 2.15. The van der Waals surface area contributed by atoms with Crippen molar-refractivity contribution in [2.45, 2.75) is 20.4 Å². The summed E-state index contributed by atoms with van der Waals surface area (Å²) >= 11 is 1.49. The third kappa shape index (κ3) is 4.26. The van der Waals surface area contributed by atoms with E-state index in [1.165, 1.54) is 18.4 Å². The maximum atomic E-state index is 12.9. The van der Waals surface area contributed by atoms with Crippen LogP contribution in [0.4, 0.5) is 0 Å². The number of carbonyl (C=O) groups excluding carboxylic acids is 1. The Kier molecular flexibility index (Phi) is 6.49. The first-order valence-electron chi connectivity index (χ1n) is 9.06. The molecule has 0 aliphatic carbocycles. The SMILES string of the molecule is CCOCCn1c(=NC(=O)c2cc(OC)ccc2OC)sc2cc(C)ccc21. The van der Waals surface area contributed by atoms with E-state index in [0.717, 1.165) is 15.8 Å². The van der Waals surface area contributed by atoms with Gasteiger partial charge in [-0.05, 0) is 49.7 Å². The summed E-state index contributed by atoms with van der Waals surface area (Å²) < 4.78 is 19.2. The quantitative estimate of drug-likeness (QED) is 0.566. The average Bonchev–Trinajstić information content (AvgIpc) is 3.03. The number of thiazole rings is 1. The molecule has 0 unspecified atom stereocenters. The second-order valence-corrected chi connectivity index (χ2v) is 7.20. The molecule has 0 spiro atoms. The fourth-order valence-electron chi connectivity index (χ4n) is 2.91. The molecule has 0 atom stereocenters. The lowest BCUT2D eigenvalue weighted by molar-refractivity contribution is 0.0993. The van der Waals surface area contributed by atoms with Crippen molar-refractivity contribution in [2.24, 2.45) is 4.99 Å². The van der Waals surface area contributed by atoms with Crippen molar-refractivity contribution in [2.75, 3.05) is 27.4 Å². The zero-order valence-electron chi connectivity index (χ0n) is 16.5. The van der Waals surface area contributed by atoms with Gasteiger partial charge in [0, 0.05) is 13.2 Å². The van der Waals surface area contributed by atoms with E-state index in [4.69, 9.17) is 14.2 Å². The number of fused-ring (bicyclic) bond motifs is 1. The molecular weight excluding hydrogens is 376 g/mol. The molecule has 28 heavy (non-hydrogen) atoms. The van der Waals surface area contributed by atoms with Crippen LogP contribution in [0.5, 0.6) is 11.5 Å². The van der Waals surface area contributed by atoms with E-state index >= 15 is 0 Å². The van der Waals surface area contributed by atoms with Crippen LogP contribution in [0.2, 0.25) is 0 Å². The van der Waals surface area contributed by atoms with Gasteiger partial charge in [-0.15, -0.1) is 0 Å². The number of carbonyl (C=O) groups is 1. The van der Waals surface area contributed by atoms with Crippen LogP contribution in [0.15, 0.2) is 41.4 Å². The smallest absolute Gasteiger partial charge is 0.283 e. The number of benzene rings is 2. The van der Waals surface area contributed by atoms with Crippen molar-refractivity contribution in [3.8, 4) is 11.5 Å². The Morgan fingerprint density at radius 1 is 1.14 bits per heavy atom. The van der Waals surface area contributed by atoms with Crippen LogP contribution in [0, 0.1) is 6.92 Å². The van der Waals surface area contributed by atoms with Crippen molar-refractivity contribution in [3.63, 3.8) is 0 Å². The number of ether oxygens (including phenoxy) is 3. The maximum absolute atomic E-state index is 12.9. The van der Waals surface area contributed by atoms with Crippen LogP contribution in [0.3, 0.4) is 0 Å². The summed E-state index contributed by atoms with van der Waals surface area (Å²) in [5.41, 5.74) is 2.57. The van der Waals surface area contributed by atoms with Crippen LogP contribution in [0.25, 0.3) is 10.2 Å². The van der Waals surface area contributed by atoms with Gasteiger partial charge in [-0.2, -0.15) is 4.99 Å². The van der Waals surface area contributed by atoms with Gasteiger partial charge in [-0.3, -0.25) is 4.79 Å². The lowest BCUT2D eigenvalue weighted by Crippen LogP contribution is -2.20. The lowest BCUT2D eigenvalue weighted by Gasteiger charge is -2.08. The molecule has 1 aromatic heterocycles. The monoisotopic (exact) mass is 400 g/mol. The van der Waals surface area contributed by atoms with Gasteiger partial charge >= 0.3 is 0 Å². The van der Waals surface area contributed by atoms with Gasteiger partial charge in [-0.25, -0.2) is 0 Å². The predicted octanol–water partition coefficient (Wildman–Crippen LogP) is 3.81. The zero-order valence-corrected chi connectivity index (χ0v) is 17.3. The summed E-state index contributed by atoms with van der Waals surface area (Å²) in [6, 6.07) is 11.3. The second kappa shape index (κ2) is 9.03. The molecule has 7 heteroatoms. The largest absolute Gasteiger partial charge is 0.497 e. The van der Waals surface area contributed by atoms with Gasteiger partial charge in [0.05, 0.1) is 36.6 Å². The molecule has 0 bridgehead atoms. The summed E-state index contributed by atoms with van der Waals surface area (Å²) in [6.45, 7) is 5.84. The highest BCUT2D eigenvalue weighted by Crippen LogP contribution is 2.25. The fraction of sp³-hybridized carbons (Fsp3) is 0.333. The number of aromatic nitrogens is 1. The number of hydrogen-bond donors (Lipinski definition) is 0. The van der Waals surface area contributed by atoms with E-state index in [2.05, 4.69) is 23.2 Å². The number of nitrogens with zero attached hydrogens (tertiary/aromatic N) is 2. The Labute approximate surface area is 168 Å². The minimum absolute atomic E-state index is 0.367. The molecule has 1 amide bonds. The molecule has 0 saturated heterocycles.